The third kappa shape index (κ3) is 4.32. The van der Waals surface area contributed by atoms with Crippen molar-refractivity contribution in [2.75, 3.05) is 65.3 Å². The molecule has 0 unspecified atom stereocenters. The zero-order chi connectivity index (χ0) is 15.1. The Kier molecular flexibility index (Phi) is 6.69. The van der Waals surface area contributed by atoms with E-state index >= 15 is 0 Å². The zero-order valence-corrected chi connectivity index (χ0v) is 13.2. The number of hydrogen-bond acceptors (Lipinski definition) is 7. The van der Waals surface area contributed by atoms with Crippen LogP contribution in [0.4, 0.5) is 10.9 Å². The second-order valence-electron chi connectivity index (χ2n) is 4.38. The number of anilines is 2. The maximum Gasteiger partial charge on any atom is 0.268 e. The molecule has 0 spiro atoms. The standard InChI is InChI=1S/C12H22N4O3S/c1-15(2)12-14-10(13)9(20-12)11(17)16(5-7-18-3)6-8-19-4/h5-8,13H2,1-4H3. The normalized spacial score (nSPS) is 10.6. The predicted molar refractivity (Wildman–Crippen MR) is 80.5 cm³/mol. The van der Waals surface area contributed by atoms with Gasteiger partial charge in [-0.15, -0.1) is 0 Å². The molecule has 0 bridgehead atoms. The van der Waals surface area contributed by atoms with Gasteiger partial charge < -0.3 is 25.0 Å². The number of carbonyl (C=O) groups is 1. The van der Waals surface area contributed by atoms with E-state index in [2.05, 4.69) is 4.98 Å². The first-order valence-corrected chi connectivity index (χ1v) is 7.03. The fraction of sp³-hybridized carbons (Fsp3) is 0.667. The van der Waals surface area contributed by atoms with Crippen LogP contribution >= 0.6 is 11.3 Å². The van der Waals surface area contributed by atoms with Crippen molar-refractivity contribution in [3.05, 3.63) is 4.88 Å². The zero-order valence-electron chi connectivity index (χ0n) is 12.4. The Morgan fingerprint density at radius 1 is 1.25 bits per heavy atom. The average molecular weight is 302 g/mol. The largest absolute Gasteiger partial charge is 0.383 e. The van der Waals surface area contributed by atoms with Crippen molar-refractivity contribution in [2.24, 2.45) is 0 Å². The van der Waals surface area contributed by atoms with Gasteiger partial charge in [-0.2, -0.15) is 0 Å². The highest BCUT2D eigenvalue weighted by Crippen LogP contribution is 2.27. The SMILES string of the molecule is COCCN(CCOC)C(=O)c1sc(N(C)C)nc1N. The lowest BCUT2D eigenvalue weighted by molar-refractivity contribution is 0.0632. The van der Waals surface area contributed by atoms with Crippen LogP contribution in [0.5, 0.6) is 0 Å². The number of ether oxygens (including phenoxy) is 2. The summed E-state index contributed by atoms with van der Waals surface area (Å²) in [5.41, 5.74) is 5.84. The third-order valence-electron chi connectivity index (χ3n) is 2.64. The molecule has 0 atom stereocenters. The molecule has 0 fully saturated rings. The molecule has 0 aromatic carbocycles. The van der Waals surface area contributed by atoms with Crippen LogP contribution in [0.2, 0.25) is 0 Å². The number of carbonyl (C=O) groups excluding carboxylic acids is 1. The first kappa shape index (κ1) is 16.7. The van der Waals surface area contributed by atoms with Crippen LogP contribution in [0, 0.1) is 0 Å². The van der Waals surface area contributed by atoms with Crippen LogP contribution in [0.25, 0.3) is 0 Å². The number of rotatable bonds is 8. The number of methoxy groups -OCH3 is 2. The average Bonchev–Trinajstić information content (AvgIpc) is 2.80. The van der Waals surface area contributed by atoms with Gasteiger partial charge in [-0.25, -0.2) is 4.98 Å². The summed E-state index contributed by atoms with van der Waals surface area (Å²) in [6.07, 6.45) is 0. The summed E-state index contributed by atoms with van der Waals surface area (Å²) < 4.78 is 10.1. The minimum Gasteiger partial charge on any atom is -0.383 e. The van der Waals surface area contributed by atoms with Gasteiger partial charge in [0, 0.05) is 41.4 Å². The van der Waals surface area contributed by atoms with Crippen molar-refractivity contribution in [3.63, 3.8) is 0 Å². The summed E-state index contributed by atoms with van der Waals surface area (Å²) in [7, 11) is 6.93. The summed E-state index contributed by atoms with van der Waals surface area (Å²) in [6, 6.07) is 0. The fourth-order valence-corrected chi connectivity index (χ4v) is 2.40. The first-order valence-electron chi connectivity index (χ1n) is 6.22. The van der Waals surface area contributed by atoms with Crippen LogP contribution < -0.4 is 10.6 Å². The Hall–Kier alpha value is -1.38. The smallest absolute Gasteiger partial charge is 0.268 e. The third-order valence-corrected chi connectivity index (χ3v) is 3.86. The molecule has 1 heterocycles. The van der Waals surface area contributed by atoms with Gasteiger partial charge in [0.15, 0.2) is 5.13 Å². The molecule has 1 aromatic rings. The van der Waals surface area contributed by atoms with E-state index in [0.29, 0.717) is 36.3 Å². The minimum atomic E-state index is -0.137. The maximum absolute atomic E-state index is 12.5. The first-order chi connectivity index (χ1) is 9.51. The second-order valence-corrected chi connectivity index (χ2v) is 5.36. The lowest BCUT2D eigenvalue weighted by Gasteiger charge is -2.21. The highest BCUT2D eigenvalue weighted by molar-refractivity contribution is 7.18. The van der Waals surface area contributed by atoms with Gasteiger partial charge in [0.25, 0.3) is 5.91 Å². The molecule has 1 rings (SSSR count). The number of aromatic nitrogens is 1. The summed E-state index contributed by atoms with van der Waals surface area (Å²) in [5.74, 6) is 0.130. The summed E-state index contributed by atoms with van der Waals surface area (Å²) in [6.45, 7) is 1.92. The molecule has 7 nitrogen and oxygen atoms in total. The van der Waals surface area contributed by atoms with Crippen LogP contribution in [0.3, 0.4) is 0 Å². The molecule has 20 heavy (non-hydrogen) atoms. The lowest BCUT2D eigenvalue weighted by Crippen LogP contribution is -2.36. The number of nitrogens with two attached hydrogens (primary N) is 1. The van der Waals surface area contributed by atoms with Crippen molar-refractivity contribution in [3.8, 4) is 0 Å². The van der Waals surface area contributed by atoms with Crippen molar-refractivity contribution < 1.29 is 14.3 Å². The Morgan fingerprint density at radius 2 is 1.80 bits per heavy atom. The Bertz CT molecular complexity index is 428. The summed E-state index contributed by atoms with van der Waals surface area (Å²) in [5, 5.41) is 0.712. The van der Waals surface area contributed by atoms with Gasteiger partial charge in [0.05, 0.1) is 13.2 Å². The van der Waals surface area contributed by atoms with Gasteiger partial charge in [-0.1, -0.05) is 11.3 Å². The highest BCUT2D eigenvalue weighted by Gasteiger charge is 2.22. The Morgan fingerprint density at radius 3 is 2.20 bits per heavy atom. The molecule has 0 saturated carbocycles. The minimum absolute atomic E-state index is 0.137. The van der Waals surface area contributed by atoms with Crippen LogP contribution in [0.15, 0.2) is 0 Å². The number of hydrogen-bond donors (Lipinski definition) is 1. The molecule has 0 aliphatic rings. The summed E-state index contributed by atoms with van der Waals surface area (Å²) >= 11 is 1.29. The molecule has 1 amide bonds. The van der Waals surface area contributed by atoms with E-state index in [9.17, 15) is 4.79 Å². The van der Waals surface area contributed by atoms with Crippen LogP contribution in [0.1, 0.15) is 9.67 Å². The second kappa shape index (κ2) is 8.03. The van der Waals surface area contributed by atoms with E-state index in [0.717, 1.165) is 0 Å². The number of amides is 1. The van der Waals surface area contributed by atoms with Crippen LogP contribution in [-0.4, -0.2) is 70.4 Å². The summed E-state index contributed by atoms with van der Waals surface area (Å²) in [4.78, 5) is 20.6. The number of thiazole rings is 1. The molecule has 8 heteroatoms. The fourth-order valence-electron chi connectivity index (χ4n) is 1.53. The van der Waals surface area contributed by atoms with Gasteiger partial charge in [0.1, 0.15) is 10.7 Å². The van der Waals surface area contributed by atoms with E-state index in [1.54, 1.807) is 19.1 Å². The molecule has 1 aromatic heterocycles. The molecule has 0 saturated heterocycles. The maximum atomic E-state index is 12.5. The predicted octanol–water partition coefficient (Wildman–Crippen LogP) is 0.526. The van der Waals surface area contributed by atoms with Crippen molar-refractivity contribution in [2.45, 2.75) is 0 Å². The van der Waals surface area contributed by atoms with E-state index < -0.39 is 0 Å². The molecular formula is C12H22N4O3S. The highest BCUT2D eigenvalue weighted by atomic mass is 32.1. The topological polar surface area (TPSA) is 80.9 Å². The molecule has 0 aliphatic heterocycles. The van der Waals surface area contributed by atoms with E-state index in [1.807, 2.05) is 19.0 Å². The Balaban J connectivity index is 2.86. The number of nitrogen functional groups attached to an aromatic ring is 1. The molecule has 2 N–H and O–H groups in total. The molecular weight excluding hydrogens is 280 g/mol. The monoisotopic (exact) mass is 302 g/mol. The van der Waals surface area contributed by atoms with Crippen LogP contribution in [-0.2, 0) is 9.47 Å². The molecule has 114 valence electrons. The van der Waals surface area contributed by atoms with E-state index in [-0.39, 0.29) is 11.7 Å². The van der Waals surface area contributed by atoms with Gasteiger partial charge in [-0.3, -0.25) is 4.79 Å². The lowest BCUT2D eigenvalue weighted by atomic mass is 10.4. The quantitative estimate of drug-likeness (QED) is 0.754. The molecule has 0 radical (unpaired) electrons. The van der Waals surface area contributed by atoms with Crippen molar-refractivity contribution in [1.29, 1.82) is 0 Å². The Labute approximate surface area is 123 Å². The van der Waals surface area contributed by atoms with Crippen molar-refractivity contribution >= 4 is 28.2 Å². The van der Waals surface area contributed by atoms with Gasteiger partial charge in [0.2, 0.25) is 0 Å². The molecule has 0 aliphatic carbocycles. The van der Waals surface area contributed by atoms with Gasteiger partial charge >= 0.3 is 0 Å². The van der Waals surface area contributed by atoms with E-state index in [4.69, 9.17) is 15.2 Å². The number of nitrogens with zero attached hydrogens (tertiary/aromatic N) is 3. The van der Waals surface area contributed by atoms with Crippen molar-refractivity contribution in [1.82, 2.24) is 9.88 Å². The van der Waals surface area contributed by atoms with Gasteiger partial charge in [-0.05, 0) is 0 Å². The van der Waals surface area contributed by atoms with E-state index in [1.165, 1.54) is 11.3 Å².